The topological polar surface area (TPSA) is 100 Å². The van der Waals surface area contributed by atoms with Crippen LogP contribution in [0.4, 0.5) is 0 Å². The molecule has 0 aliphatic heterocycles. The Morgan fingerprint density at radius 1 is 1.24 bits per heavy atom. The van der Waals surface area contributed by atoms with E-state index >= 15 is 0 Å². The Kier molecular flexibility index (Phi) is 6.94. The zero-order valence-corrected chi connectivity index (χ0v) is 18.9. The first-order chi connectivity index (χ1) is 16.1. The fourth-order valence-electron chi connectivity index (χ4n) is 4.22. The van der Waals surface area contributed by atoms with E-state index in [1.54, 1.807) is 25.3 Å². The maximum absolute atomic E-state index is 12.4. The van der Waals surface area contributed by atoms with E-state index < -0.39 is 0 Å². The van der Waals surface area contributed by atoms with Gasteiger partial charge < -0.3 is 19.8 Å². The molecule has 1 saturated carbocycles. The molecule has 7 heteroatoms. The molecule has 1 fully saturated rings. The lowest BCUT2D eigenvalue weighted by Gasteiger charge is -2.29. The number of benzene rings is 2. The highest BCUT2D eigenvalue weighted by Crippen LogP contribution is 2.30. The van der Waals surface area contributed by atoms with E-state index in [-0.39, 0.29) is 18.6 Å². The van der Waals surface area contributed by atoms with Crippen molar-refractivity contribution >= 4 is 28.6 Å². The van der Waals surface area contributed by atoms with Gasteiger partial charge in [0.15, 0.2) is 18.1 Å². The summed E-state index contributed by atoms with van der Waals surface area (Å²) in [4.78, 5) is 20.0. The summed E-state index contributed by atoms with van der Waals surface area (Å²) in [5.74, 6) is 1.83. The monoisotopic (exact) mass is 444 g/mol. The Bertz CT molecular complexity index is 1170. The van der Waals surface area contributed by atoms with Gasteiger partial charge in [-0.2, -0.15) is 5.26 Å². The Morgan fingerprint density at radius 2 is 2.06 bits per heavy atom. The highest BCUT2D eigenvalue weighted by atomic mass is 16.5. The van der Waals surface area contributed by atoms with Crippen LogP contribution in [-0.4, -0.2) is 35.6 Å². The van der Waals surface area contributed by atoms with Crippen LogP contribution in [-0.2, 0) is 4.79 Å². The molecule has 4 rings (SSSR count). The quantitative estimate of drug-likeness (QED) is 0.514. The minimum absolute atomic E-state index is 0.0722. The van der Waals surface area contributed by atoms with Crippen molar-refractivity contribution in [2.24, 2.45) is 5.92 Å². The van der Waals surface area contributed by atoms with E-state index in [4.69, 9.17) is 9.47 Å². The van der Waals surface area contributed by atoms with Crippen molar-refractivity contribution in [1.82, 2.24) is 15.3 Å². The minimum Gasteiger partial charge on any atom is -0.493 e. The largest absolute Gasteiger partial charge is 0.493 e. The molecule has 0 radical (unpaired) electrons. The van der Waals surface area contributed by atoms with Crippen molar-refractivity contribution < 1.29 is 14.3 Å². The lowest BCUT2D eigenvalue weighted by molar-refractivity contribution is -0.124. The molecule has 2 atom stereocenters. The summed E-state index contributed by atoms with van der Waals surface area (Å²) in [5, 5.41) is 12.8. The van der Waals surface area contributed by atoms with Crippen LogP contribution >= 0.6 is 0 Å². The standard InChI is InChI=1S/C26H28N4O3/c1-17-7-3-4-8-20(17)28-25(31)16-33-23-12-11-18(14-24(23)32-2)13-19(15-27)26-29-21-9-5-6-10-22(21)30-26/h5-6,9-14,17,20H,3-4,7-8,16H2,1-2H3,(H,28,31)(H,29,30)/b19-13+/t17-,20-/m0/s1. The Hall–Kier alpha value is -3.79. The summed E-state index contributed by atoms with van der Waals surface area (Å²) in [6.07, 6.45) is 6.28. The molecule has 3 aromatic rings. The van der Waals surface area contributed by atoms with Crippen LogP contribution in [0.2, 0.25) is 0 Å². The number of methoxy groups -OCH3 is 1. The van der Waals surface area contributed by atoms with Crippen molar-refractivity contribution in [3.8, 4) is 17.6 Å². The number of hydrogen-bond acceptors (Lipinski definition) is 5. The Balaban J connectivity index is 1.45. The van der Waals surface area contributed by atoms with Gasteiger partial charge in [-0.3, -0.25) is 4.79 Å². The molecule has 2 N–H and O–H groups in total. The molecular formula is C26H28N4O3. The van der Waals surface area contributed by atoms with E-state index in [2.05, 4.69) is 28.3 Å². The van der Waals surface area contributed by atoms with Crippen molar-refractivity contribution in [3.05, 3.63) is 53.9 Å². The molecule has 0 unspecified atom stereocenters. The molecule has 1 amide bonds. The van der Waals surface area contributed by atoms with Gasteiger partial charge in [-0.1, -0.05) is 38.0 Å². The number of nitriles is 1. The summed E-state index contributed by atoms with van der Waals surface area (Å²) in [5.41, 5.74) is 2.84. The first-order valence-electron chi connectivity index (χ1n) is 11.2. The minimum atomic E-state index is -0.128. The van der Waals surface area contributed by atoms with Gasteiger partial charge in [0.05, 0.1) is 23.7 Å². The molecule has 1 aromatic heterocycles. The van der Waals surface area contributed by atoms with Crippen LogP contribution in [0.3, 0.4) is 0 Å². The van der Waals surface area contributed by atoms with Crippen molar-refractivity contribution in [1.29, 1.82) is 5.26 Å². The van der Waals surface area contributed by atoms with Gasteiger partial charge in [0.1, 0.15) is 11.9 Å². The number of aromatic amines is 1. The van der Waals surface area contributed by atoms with E-state index in [1.807, 2.05) is 30.3 Å². The lowest BCUT2D eigenvalue weighted by atomic mass is 9.86. The maximum atomic E-state index is 12.4. The van der Waals surface area contributed by atoms with Crippen LogP contribution in [0.25, 0.3) is 22.7 Å². The van der Waals surface area contributed by atoms with Gasteiger partial charge >= 0.3 is 0 Å². The van der Waals surface area contributed by atoms with E-state index in [9.17, 15) is 10.1 Å². The average molecular weight is 445 g/mol. The summed E-state index contributed by atoms with van der Waals surface area (Å²) in [7, 11) is 1.55. The molecule has 0 bridgehead atoms. The highest BCUT2D eigenvalue weighted by Gasteiger charge is 2.23. The van der Waals surface area contributed by atoms with Crippen LogP contribution in [0.15, 0.2) is 42.5 Å². The Labute approximate surface area is 193 Å². The summed E-state index contributed by atoms with van der Waals surface area (Å²) in [6.45, 7) is 2.11. The number of nitrogens with zero attached hydrogens (tertiary/aromatic N) is 2. The SMILES string of the molecule is COc1cc(/C=C(\C#N)c2nc3ccccc3[nH]2)ccc1OCC(=O)N[C@H]1CCCC[C@@H]1C. The van der Waals surface area contributed by atoms with Gasteiger partial charge in [-0.25, -0.2) is 4.98 Å². The number of aromatic nitrogens is 2. The number of carbonyl (C=O) groups is 1. The predicted molar refractivity (Wildman–Crippen MR) is 128 cm³/mol. The van der Waals surface area contributed by atoms with Crippen LogP contribution in [0.1, 0.15) is 44.0 Å². The molecular weight excluding hydrogens is 416 g/mol. The third-order valence-electron chi connectivity index (χ3n) is 6.08. The van der Waals surface area contributed by atoms with E-state index in [1.165, 1.54) is 6.42 Å². The van der Waals surface area contributed by atoms with E-state index in [0.29, 0.717) is 28.8 Å². The third kappa shape index (κ3) is 5.35. The molecule has 0 saturated heterocycles. The number of nitrogens with one attached hydrogen (secondary N) is 2. The fourth-order valence-corrected chi connectivity index (χ4v) is 4.22. The molecule has 1 aliphatic rings. The predicted octanol–water partition coefficient (Wildman–Crippen LogP) is 4.71. The zero-order chi connectivity index (χ0) is 23.2. The molecule has 1 heterocycles. The van der Waals surface area contributed by atoms with Crippen molar-refractivity contribution in [2.75, 3.05) is 13.7 Å². The molecule has 7 nitrogen and oxygen atoms in total. The third-order valence-corrected chi connectivity index (χ3v) is 6.08. The van der Waals surface area contributed by atoms with Gasteiger partial charge in [0, 0.05) is 6.04 Å². The molecule has 0 spiro atoms. The number of allylic oxidation sites excluding steroid dienone is 1. The zero-order valence-electron chi connectivity index (χ0n) is 18.9. The lowest BCUT2D eigenvalue weighted by Crippen LogP contribution is -2.43. The van der Waals surface area contributed by atoms with Crippen molar-refractivity contribution in [3.63, 3.8) is 0 Å². The molecule has 2 aromatic carbocycles. The number of fused-ring (bicyclic) bond motifs is 1. The molecule has 170 valence electrons. The number of hydrogen-bond donors (Lipinski definition) is 2. The maximum Gasteiger partial charge on any atom is 0.258 e. The number of amides is 1. The second-order valence-corrected chi connectivity index (χ2v) is 8.41. The highest BCUT2D eigenvalue weighted by molar-refractivity contribution is 5.90. The van der Waals surface area contributed by atoms with Gasteiger partial charge in [-0.15, -0.1) is 0 Å². The Morgan fingerprint density at radius 3 is 2.82 bits per heavy atom. The fraction of sp³-hybridized carbons (Fsp3) is 0.346. The van der Waals surface area contributed by atoms with Gasteiger partial charge in [0.25, 0.3) is 5.91 Å². The first kappa shape index (κ1) is 22.4. The van der Waals surface area contributed by atoms with Gasteiger partial charge in [-0.05, 0) is 54.7 Å². The number of rotatable bonds is 7. The van der Waals surface area contributed by atoms with Gasteiger partial charge in [0.2, 0.25) is 0 Å². The summed E-state index contributed by atoms with van der Waals surface area (Å²) in [6, 6.07) is 15.4. The normalized spacial score (nSPS) is 18.5. The van der Waals surface area contributed by atoms with Crippen LogP contribution in [0, 0.1) is 17.2 Å². The number of para-hydroxylation sites is 2. The smallest absolute Gasteiger partial charge is 0.258 e. The van der Waals surface area contributed by atoms with E-state index in [0.717, 1.165) is 35.9 Å². The second kappa shape index (κ2) is 10.2. The first-order valence-corrected chi connectivity index (χ1v) is 11.2. The number of imidazole rings is 1. The summed E-state index contributed by atoms with van der Waals surface area (Å²) >= 11 is 0. The number of carbonyl (C=O) groups excluding carboxylic acids is 1. The molecule has 1 aliphatic carbocycles. The van der Waals surface area contributed by atoms with Crippen molar-refractivity contribution in [2.45, 2.75) is 38.6 Å². The second-order valence-electron chi connectivity index (χ2n) is 8.41. The van der Waals surface area contributed by atoms with Crippen LogP contribution < -0.4 is 14.8 Å². The summed E-state index contributed by atoms with van der Waals surface area (Å²) < 4.78 is 11.2. The van der Waals surface area contributed by atoms with Crippen LogP contribution in [0.5, 0.6) is 11.5 Å². The number of H-pyrrole nitrogens is 1. The molecule has 33 heavy (non-hydrogen) atoms. The average Bonchev–Trinajstić information content (AvgIpc) is 3.27. The number of ether oxygens (including phenoxy) is 2.